The van der Waals surface area contributed by atoms with Crippen LogP contribution in [0.15, 0.2) is 30.3 Å². The molecule has 19 nitrogen and oxygen atoms in total. The summed E-state index contributed by atoms with van der Waals surface area (Å²) in [7, 11) is 0. The third-order valence-corrected chi connectivity index (χ3v) is 8.99. The smallest absolute Gasteiger partial charge is 0.322 e. The van der Waals surface area contributed by atoms with Gasteiger partial charge in [0.15, 0.2) is 0 Å². The molecule has 0 aliphatic rings. The fraction of sp³-hybridized carbons (Fsp3) is 0.634. The van der Waals surface area contributed by atoms with E-state index in [2.05, 4.69) is 42.5 Å². The largest absolute Gasteiger partial charge is 0.480 e. The van der Waals surface area contributed by atoms with Gasteiger partial charge in [0.2, 0.25) is 47.3 Å². The highest BCUT2D eigenvalue weighted by Crippen LogP contribution is 2.12. The lowest BCUT2D eigenvalue weighted by molar-refractivity contribution is -0.138. The molecule has 1 aromatic carbocycles. The van der Waals surface area contributed by atoms with Crippen molar-refractivity contribution >= 4 is 53.2 Å². The summed E-state index contributed by atoms with van der Waals surface area (Å²) >= 11 is 0. The van der Waals surface area contributed by atoms with Crippen molar-refractivity contribution in [2.75, 3.05) is 19.6 Å². The second-order valence-corrected chi connectivity index (χ2v) is 16.4. The van der Waals surface area contributed by atoms with Crippen LogP contribution in [0.5, 0.6) is 0 Å². The molecule has 1 rings (SSSR count). The van der Waals surface area contributed by atoms with Crippen molar-refractivity contribution in [3.05, 3.63) is 35.9 Å². The van der Waals surface area contributed by atoms with Crippen molar-refractivity contribution in [1.82, 2.24) is 42.5 Å². The highest BCUT2D eigenvalue weighted by Gasteiger charge is 2.33. The first-order chi connectivity index (χ1) is 28.0. The number of hydrogen-bond acceptors (Lipinski definition) is 10. The third-order valence-electron chi connectivity index (χ3n) is 8.99. The first-order valence-electron chi connectivity index (χ1n) is 20.4. The maximum absolute atomic E-state index is 13.8. The SMILES string of the molecule is CC(C)C[C@H](NC(=O)[C@H](Cc1ccccc1)NC(=O)CNC(=O)[C@H](CC(C)C)NC(=O)[C@H](CC(C)C)NC(=O)[C@@H](NC(=O)[C@H](C)NC(=O)CN)C(C)C)C(=O)NCC(=O)O. The fourth-order valence-corrected chi connectivity index (χ4v) is 5.98. The lowest BCUT2D eigenvalue weighted by Gasteiger charge is -2.28. The number of hydrogen-bond donors (Lipinski definition) is 10. The number of carbonyl (C=O) groups excluding carboxylic acids is 8. The van der Waals surface area contributed by atoms with Crippen molar-refractivity contribution in [1.29, 1.82) is 0 Å². The van der Waals surface area contributed by atoms with Crippen LogP contribution < -0.4 is 48.3 Å². The van der Waals surface area contributed by atoms with E-state index in [1.807, 2.05) is 41.5 Å². The number of nitrogens with one attached hydrogen (secondary N) is 8. The Bertz CT molecular complexity index is 1620. The van der Waals surface area contributed by atoms with Crippen LogP contribution in [0.1, 0.15) is 87.1 Å². The second kappa shape index (κ2) is 26.5. The van der Waals surface area contributed by atoms with E-state index in [4.69, 9.17) is 10.8 Å². The van der Waals surface area contributed by atoms with Crippen LogP contribution in [0.25, 0.3) is 0 Å². The van der Waals surface area contributed by atoms with Crippen molar-refractivity contribution in [3.63, 3.8) is 0 Å². The van der Waals surface area contributed by atoms with Gasteiger partial charge in [-0.3, -0.25) is 43.2 Å². The number of nitrogens with two attached hydrogens (primary N) is 1. The summed E-state index contributed by atoms with van der Waals surface area (Å²) in [4.78, 5) is 116. The summed E-state index contributed by atoms with van der Waals surface area (Å²) < 4.78 is 0. The molecule has 1 aromatic rings. The molecule has 11 N–H and O–H groups in total. The molecule has 0 aliphatic heterocycles. The molecular weight excluding hydrogens is 779 g/mol. The van der Waals surface area contributed by atoms with Gasteiger partial charge in [-0.2, -0.15) is 0 Å². The number of amides is 8. The van der Waals surface area contributed by atoms with Crippen molar-refractivity contribution in [3.8, 4) is 0 Å². The molecule has 0 saturated carbocycles. The first-order valence-corrected chi connectivity index (χ1v) is 20.4. The van der Waals surface area contributed by atoms with Crippen molar-refractivity contribution in [2.24, 2.45) is 29.4 Å². The molecule has 19 heteroatoms. The average molecular weight is 846 g/mol. The number of rotatable bonds is 26. The zero-order valence-electron chi connectivity index (χ0n) is 36.3. The minimum atomic E-state index is -1.26. The van der Waals surface area contributed by atoms with E-state index >= 15 is 0 Å². The lowest BCUT2D eigenvalue weighted by atomic mass is 9.98. The summed E-state index contributed by atoms with van der Waals surface area (Å²) in [6.45, 7) is 14.3. The molecule has 0 aliphatic carbocycles. The molecule has 0 spiro atoms. The average Bonchev–Trinajstić information content (AvgIpc) is 3.16. The zero-order valence-corrected chi connectivity index (χ0v) is 36.3. The Morgan fingerprint density at radius 2 is 0.967 bits per heavy atom. The van der Waals surface area contributed by atoms with Crippen LogP contribution in [0.4, 0.5) is 0 Å². The predicted octanol–water partition coefficient (Wildman–Crippen LogP) is -0.772. The highest BCUT2D eigenvalue weighted by molar-refractivity contribution is 5.97. The summed E-state index contributed by atoms with van der Waals surface area (Å²) in [5.41, 5.74) is 6.01. The molecule has 0 bridgehead atoms. The van der Waals surface area contributed by atoms with Crippen molar-refractivity contribution in [2.45, 2.75) is 124 Å². The minimum absolute atomic E-state index is 0.0255. The second-order valence-electron chi connectivity index (χ2n) is 16.4. The molecule has 0 aromatic heterocycles. The highest BCUT2D eigenvalue weighted by atomic mass is 16.4. The van der Waals surface area contributed by atoms with Crippen molar-refractivity contribution < 1.29 is 48.3 Å². The fourth-order valence-electron chi connectivity index (χ4n) is 5.98. The third kappa shape index (κ3) is 20.4. The molecule has 0 radical (unpaired) electrons. The van der Waals surface area contributed by atoms with Gasteiger partial charge in [0.05, 0.1) is 13.1 Å². The quantitative estimate of drug-likeness (QED) is 0.0552. The number of carboxylic acids is 1. The van der Waals surface area contributed by atoms with Crippen LogP contribution in [0, 0.1) is 23.7 Å². The number of carboxylic acid groups (broad SMARTS) is 1. The zero-order chi connectivity index (χ0) is 45.7. The van der Waals surface area contributed by atoms with E-state index < -0.39 is 108 Å². The van der Waals surface area contributed by atoms with Gasteiger partial charge >= 0.3 is 5.97 Å². The maximum Gasteiger partial charge on any atom is 0.322 e. The van der Waals surface area contributed by atoms with Gasteiger partial charge < -0.3 is 53.4 Å². The first kappa shape index (κ1) is 52.4. The Balaban J connectivity index is 3.17. The minimum Gasteiger partial charge on any atom is -0.480 e. The Kier molecular flexibility index (Phi) is 23.2. The van der Waals surface area contributed by atoms with Crippen LogP contribution in [0.3, 0.4) is 0 Å². The topological polar surface area (TPSA) is 296 Å². The van der Waals surface area contributed by atoms with Crippen LogP contribution >= 0.6 is 0 Å². The summed E-state index contributed by atoms with van der Waals surface area (Å²) in [6.07, 6.45) is 0.562. The Morgan fingerprint density at radius 1 is 0.517 bits per heavy atom. The molecule has 60 heavy (non-hydrogen) atoms. The van der Waals surface area contributed by atoms with E-state index in [1.165, 1.54) is 6.92 Å². The van der Waals surface area contributed by atoms with Gasteiger partial charge in [-0.15, -0.1) is 0 Å². The number of benzene rings is 1. The standard InChI is InChI=1S/C41H67N9O10/c1-22(2)15-28(47-39(58)30(17-24(5)6)49-41(60)35(25(7)8)50-36(55)26(9)45-32(51)19-42)37(56)43-20-33(52)46-31(18-27-13-11-10-12-14-27)40(59)48-29(16-23(3)4)38(57)44-21-34(53)54/h10-14,22-26,28-31,35H,15-21,42H2,1-9H3,(H,43,56)(H,44,57)(H,45,51)(H,46,52)(H,47,58)(H,48,59)(H,49,60)(H,50,55)(H,53,54)/t26-,28-,29-,30-,31-,35-/m0/s1. The monoisotopic (exact) mass is 846 g/mol. The number of carbonyl (C=O) groups is 9. The normalized spacial score (nSPS) is 14.2. The predicted molar refractivity (Wildman–Crippen MR) is 223 cm³/mol. The molecule has 0 fully saturated rings. The lowest BCUT2D eigenvalue weighted by Crippen LogP contribution is -2.59. The maximum atomic E-state index is 13.8. The van der Waals surface area contributed by atoms with E-state index in [1.54, 1.807) is 44.2 Å². The Labute approximate surface area is 352 Å². The van der Waals surface area contributed by atoms with Gasteiger partial charge in [0.1, 0.15) is 42.8 Å². The van der Waals surface area contributed by atoms with Gasteiger partial charge in [-0.1, -0.05) is 85.7 Å². The summed E-state index contributed by atoms with van der Waals surface area (Å²) in [6, 6.07) is 2.19. The van der Waals surface area contributed by atoms with E-state index in [0.717, 1.165) is 0 Å². The van der Waals surface area contributed by atoms with E-state index in [0.29, 0.717) is 5.56 Å². The van der Waals surface area contributed by atoms with Crippen LogP contribution in [0.2, 0.25) is 0 Å². The molecule has 8 amide bonds. The molecular formula is C41H67N9O10. The van der Waals surface area contributed by atoms with Crippen LogP contribution in [-0.4, -0.2) is 114 Å². The molecule has 0 saturated heterocycles. The van der Waals surface area contributed by atoms with Gasteiger partial charge in [0, 0.05) is 6.42 Å². The van der Waals surface area contributed by atoms with Crippen LogP contribution in [-0.2, 0) is 49.6 Å². The molecule has 336 valence electrons. The molecule has 6 atom stereocenters. The van der Waals surface area contributed by atoms with Gasteiger partial charge in [-0.25, -0.2) is 0 Å². The van der Waals surface area contributed by atoms with E-state index in [9.17, 15) is 43.2 Å². The Hall–Kier alpha value is -5.59. The molecule has 0 unspecified atom stereocenters. The van der Waals surface area contributed by atoms with Gasteiger partial charge in [-0.05, 0) is 55.4 Å². The molecule has 0 heterocycles. The summed E-state index contributed by atoms with van der Waals surface area (Å²) in [5.74, 6) is -7.24. The van der Waals surface area contributed by atoms with Gasteiger partial charge in [0.25, 0.3) is 0 Å². The van der Waals surface area contributed by atoms with E-state index in [-0.39, 0.29) is 50.0 Å². The Morgan fingerprint density at radius 3 is 1.42 bits per heavy atom. The number of aliphatic carboxylic acids is 1. The summed E-state index contributed by atoms with van der Waals surface area (Å²) in [5, 5.41) is 29.5.